The molecule has 0 heterocycles. The van der Waals surface area contributed by atoms with E-state index in [0.717, 1.165) is 6.07 Å². The number of ketones is 1. The third-order valence-corrected chi connectivity index (χ3v) is 6.40. The Morgan fingerprint density at radius 1 is 0.842 bits per heavy atom. The molecule has 0 aliphatic heterocycles. The average Bonchev–Trinajstić information content (AvgIpc) is 2.76. The zero-order chi connectivity index (χ0) is 26.9. The summed E-state index contributed by atoms with van der Waals surface area (Å²) >= 11 is 0. The van der Waals surface area contributed by atoms with Crippen LogP contribution in [0.1, 0.15) is 35.2 Å². The van der Waals surface area contributed by atoms with Crippen molar-refractivity contribution in [2.45, 2.75) is 25.7 Å². The molecule has 0 bridgehead atoms. The van der Waals surface area contributed by atoms with Crippen molar-refractivity contribution >= 4 is 26.0 Å². The fraction of sp³-hybridized carbons (Fsp3) is 0.409. The van der Waals surface area contributed by atoms with Gasteiger partial charge in [0.15, 0.2) is 17.3 Å². The summed E-state index contributed by atoms with van der Waals surface area (Å²) in [4.78, 5) is 12.9. The largest absolute Gasteiger partial charge is 1.00 e. The van der Waals surface area contributed by atoms with E-state index in [4.69, 9.17) is 14.2 Å². The fourth-order valence-corrected chi connectivity index (χ4v) is 4.11. The molecule has 0 saturated heterocycles. The van der Waals surface area contributed by atoms with Crippen molar-refractivity contribution in [3.8, 4) is 28.7 Å². The van der Waals surface area contributed by atoms with E-state index in [1.807, 2.05) is 0 Å². The van der Waals surface area contributed by atoms with Gasteiger partial charge in [-0.3, -0.25) is 4.79 Å². The number of carbonyl (C=O) groups excluding carboxylic acids is 1. The molecule has 0 amide bonds. The van der Waals surface area contributed by atoms with Crippen LogP contribution >= 0.6 is 0 Å². The standard InChI is InChI=1S/C22H28O12S2.2K/c1-32-20-7-5-15(12-18(20)24)4-6-17(23)22-19(25)13-16(33-8-2-10-35(26,27)28)14-21(22)34-9-3-11-36(29,30)31;;/h5,7,12-14,24-25H,2-4,6,8-11H2,1H3,(H,26,27,28)(H,29,30,31);;/q;2*+1/p-2. The summed E-state index contributed by atoms with van der Waals surface area (Å²) in [5.74, 6) is -2.33. The molecule has 0 saturated carbocycles. The molecule has 0 aromatic heterocycles. The van der Waals surface area contributed by atoms with Crippen molar-refractivity contribution in [2.24, 2.45) is 0 Å². The summed E-state index contributed by atoms with van der Waals surface area (Å²) in [5, 5.41) is 20.4. The van der Waals surface area contributed by atoms with Crippen molar-refractivity contribution in [3.05, 3.63) is 41.5 Å². The van der Waals surface area contributed by atoms with E-state index in [9.17, 15) is 40.9 Å². The Balaban J connectivity index is 0.00000684. The van der Waals surface area contributed by atoms with E-state index in [1.165, 1.54) is 25.3 Å². The van der Waals surface area contributed by atoms with Crippen LogP contribution in [0.4, 0.5) is 0 Å². The Labute approximate surface area is 306 Å². The Bertz CT molecular complexity index is 1280. The van der Waals surface area contributed by atoms with Gasteiger partial charge in [0.2, 0.25) is 0 Å². The average molecular weight is 625 g/mol. The first-order chi connectivity index (χ1) is 16.8. The number of ether oxygens (including phenoxy) is 3. The van der Waals surface area contributed by atoms with Crippen LogP contribution in [0, 0.1) is 0 Å². The van der Waals surface area contributed by atoms with Gasteiger partial charge < -0.3 is 33.5 Å². The molecule has 0 aliphatic carbocycles. The quantitative estimate of drug-likeness (QED) is 0.0835. The minimum atomic E-state index is -4.47. The minimum absolute atomic E-state index is 0. The number of methoxy groups -OCH3 is 1. The van der Waals surface area contributed by atoms with Gasteiger partial charge in [0.1, 0.15) is 22.8 Å². The summed E-state index contributed by atoms with van der Waals surface area (Å²) in [7, 11) is -7.50. The molecule has 2 aromatic rings. The molecule has 0 fully saturated rings. The zero-order valence-corrected chi connectivity index (χ0v) is 29.2. The molecule has 2 N–H and O–H groups in total. The first-order valence-corrected chi connectivity index (χ1v) is 13.8. The number of rotatable bonds is 15. The van der Waals surface area contributed by atoms with Crippen LogP contribution in [0.15, 0.2) is 30.3 Å². The van der Waals surface area contributed by atoms with Crippen LogP contribution in [0.25, 0.3) is 0 Å². The van der Waals surface area contributed by atoms with Crippen molar-refractivity contribution < 1.29 is 158 Å². The van der Waals surface area contributed by atoms with Gasteiger partial charge in [-0.2, -0.15) is 0 Å². The van der Waals surface area contributed by atoms with E-state index >= 15 is 0 Å². The number of phenols is 2. The maximum Gasteiger partial charge on any atom is 1.00 e. The van der Waals surface area contributed by atoms with E-state index in [2.05, 4.69) is 0 Å². The second kappa shape index (κ2) is 17.9. The van der Waals surface area contributed by atoms with Crippen molar-refractivity contribution in [3.63, 3.8) is 0 Å². The smallest absolute Gasteiger partial charge is 0.748 e. The second-order valence-electron chi connectivity index (χ2n) is 7.67. The zero-order valence-electron chi connectivity index (χ0n) is 21.3. The molecule has 2 aromatic carbocycles. The molecule has 0 radical (unpaired) electrons. The summed E-state index contributed by atoms with van der Waals surface area (Å²) in [5.41, 5.74) is 0.421. The van der Waals surface area contributed by atoms with Gasteiger partial charge in [0, 0.05) is 30.1 Å². The number of aromatic hydroxyl groups is 2. The third-order valence-electron chi connectivity index (χ3n) is 4.82. The fourth-order valence-electron chi connectivity index (χ4n) is 3.17. The Morgan fingerprint density at radius 2 is 1.42 bits per heavy atom. The van der Waals surface area contributed by atoms with Gasteiger partial charge in [-0.25, -0.2) is 16.8 Å². The first kappa shape index (κ1) is 38.2. The Hall–Kier alpha value is 0.203. The third kappa shape index (κ3) is 14.2. The minimum Gasteiger partial charge on any atom is -0.748 e. The van der Waals surface area contributed by atoms with Crippen LogP contribution in [0.5, 0.6) is 28.7 Å². The van der Waals surface area contributed by atoms with Gasteiger partial charge in [-0.15, -0.1) is 0 Å². The Morgan fingerprint density at radius 3 is 1.95 bits per heavy atom. The van der Waals surface area contributed by atoms with Gasteiger partial charge >= 0.3 is 103 Å². The molecule has 16 heteroatoms. The molecule has 200 valence electrons. The van der Waals surface area contributed by atoms with Crippen LogP contribution in [-0.2, 0) is 26.7 Å². The van der Waals surface area contributed by atoms with E-state index in [0.29, 0.717) is 5.56 Å². The number of hydrogen-bond donors (Lipinski definition) is 2. The maximum atomic E-state index is 12.9. The summed E-state index contributed by atoms with van der Waals surface area (Å²) in [6.45, 7) is -0.436. The van der Waals surface area contributed by atoms with Gasteiger partial charge in [0.05, 0.1) is 40.6 Å². The topological polar surface area (TPSA) is 200 Å². The number of benzene rings is 2. The Kier molecular flexibility index (Phi) is 18.0. The molecule has 12 nitrogen and oxygen atoms in total. The first-order valence-electron chi connectivity index (χ1n) is 10.7. The number of Topliss-reactive ketones (excluding diaryl/α,β-unsaturated/α-hetero) is 1. The predicted octanol–water partition coefficient (Wildman–Crippen LogP) is -4.44. The summed E-state index contributed by atoms with van der Waals surface area (Å²) in [6, 6.07) is 7.00. The molecule has 0 spiro atoms. The summed E-state index contributed by atoms with van der Waals surface area (Å²) < 4.78 is 80.3. The number of phenolic OH excluding ortho intramolecular Hbond substituents is 2. The van der Waals surface area contributed by atoms with E-state index in [1.54, 1.807) is 6.07 Å². The summed E-state index contributed by atoms with van der Waals surface area (Å²) in [6.07, 6.45) is -0.171. The van der Waals surface area contributed by atoms with Crippen LogP contribution in [0.3, 0.4) is 0 Å². The van der Waals surface area contributed by atoms with Crippen LogP contribution in [-0.4, -0.2) is 73.8 Å². The second-order valence-corrected chi connectivity index (χ2v) is 10.7. The van der Waals surface area contributed by atoms with Crippen molar-refractivity contribution in [2.75, 3.05) is 31.8 Å². The number of hydrogen-bond acceptors (Lipinski definition) is 12. The van der Waals surface area contributed by atoms with Crippen molar-refractivity contribution in [1.82, 2.24) is 0 Å². The maximum absolute atomic E-state index is 12.9. The predicted molar refractivity (Wildman–Crippen MR) is 125 cm³/mol. The molecule has 2 rings (SSSR count). The van der Waals surface area contributed by atoms with Gasteiger partial charge in [-0.1, -0.05) is 6.07 Å². The number of carbonyl (C=O) groups is 1. The normalized spacial score (nSPS) is 11.1. The van der Waals surface area contributed by atoms with Crippen molar-refractivity contribution in [1.29, 1.82) is 0 Å². The van der Waals surface area contributed by atoms with E-state index < -0.39 is 43.3 Å². The van der Waals surface area contributed by atoms with E-state index in [-0.39, 0.29) is 170 Å². The molecule has 0 unspecified atom stereocenters. The monoisotopic (exact) mass is 624 g/mol. The van der Waals surface area contributed by atoms with Gasteiger partial charge in [-0.05, 0) is 37.0 Å². The molecule has 0 atom stereocenters. The number of aryl methyl sites for hydroxylation is 1. The van der Waals surface area contributed by atoms with Gasteiger partial charge in [0.25, 0.3) is 0 Å². The van der Waals surface area contributed by atoms with Crippen LogP contribution < -0.4 is 117 Å². The SMILES string of the molecule is COc1ccc(CCC(=O)c2c(O)cc(OCCCS(=O)(=O)[O-])cc2OCCCS(=O)(=O)[O-])cc1O.[K+].[K+]. The van der Waals surface area contributed by atoms with Crippen LogP contribution in [0.2, 0.25) is 0 Å². The molecular formula is C22H26K2O12S2. The molecule has 0 aliphatic rings. The molecular weight excluding hydrogens is 599 g/mol. The molecule has 38 heavy (non-hydrogen) atoms.